The Morgan fingerprint density at radius 3 is 3.00 bits per heavy atom. The third-order valence-corrected chi connectivity index (χ3v) is 2.44. The van der Waals surface area contributed by atoms with Crippen molar-refractivity contribution >= 4 is 5.69 Å². The van der Waals surface area contributed by atoms with E-state index in [0.29, 0.717) is 6.54 Å². The number of hydrogen-bond acceptors (Lipinski definition) is 4. The van der Waals surface area contributed by atoms with E-state index in [9.17, 15) is 14.5 Å². The summed E-state index contributed by atoms with van der Waals surface area (Å²) in [6.07, 6.45) is 0.647. The molecule has 86 valence electrons. The molecule has 1 fully saturated rings. The zero-order chi connectivity index (χ0) is 11.5. The van der Waals surface area contributed by atoms with Gasteiger partial charge in [0.2, 0.25) is 11.6 Å². The molecule has 1 heterocycles. The van der Waals surface area contributed by atoms with Gasteiger partial charge in [-0.2, -0.15) is 4.39 Å². The van der Waals surface area contributed by atoms with E-state index < -0.39 is 16.4 Å². The number of rotatable bonds is 3. The predicted octanol–water partition coefficient (Wildman–Crippen LogP) is 1.47. The molecule has 1 aliphatic rings. The summed E-state index contributed by atoms with van der Waals surface area (Å²) in [6.45, 7) is 1.45. The molecule has 1 aromatic rings. The Kier molecular flexibility index (Phi) is 3.00. The fourth-order valence-corrected chi connectivity index (χ4v) is 1.68. The molecule has 16 heavy (non-hydrogen) atoms. The van der Waals surface area contributed by atoms with Gasteiger partial charge in [0.15, 0.2) is 0 Å². The maximum absolute atomic E-state index is 13.2. The summed E-state index contributed by atoms with van der Waals surface area (Å²) in [6, 6.07) is 3.87. The monoisotopic (exact) mass is 226 g/mol. The van der Waals surface area contributed by atoms with Crippen LogP contribution in [-0.2, 0) is 0 Å². The third kappa shape index (κ3) is 2.11. The molecule has 1 aromatic carbocycles. The van der Waals surface area contributed by atoms with Gasteiger partial charge in [-0.3, -0.25) is 10.1 Å². The van der Waals surface area contributed by atoms with Gasteiger partial charge in [0.25, 0.3) is 0 Å². The highest BCUT2D eigenvalue weighted by Gasteiger charge is 2.25. The number of nitrogens with one attached hydrogen (secondary N) is 1. The fourth-order valence-electron chi connectivity index (χ4n) is 1.68. The summed E-state index contributed by atoms with van der Waals surface area (Å²) in [5.74, 6) is -0.868. The van der Waals surface area contributed by atoms with Crippen molar-refractivity contribution in [2.75, 3.05) is 13.1 Å². The molecule has 1 atom stereocenters. The number of nitro benzene ring substituents is 1. The minimum atomic E-state index is -0.867. The standard InChI is InChI=1S/C10H11FN2O3/c11-8-2-1-3-9(10(8)13(14)15)16-7-4-5-12-6-7/h1-3,7,12H,4-6H2/t7-/m0/s1. The van der Waals surface area contributed by atoms with Crippen LogP contribution in [0.15, 0.2) is 18.2 Å². The summed E-state index contributed by atoms with van der Waals surface area (Å²) in [7, 11) is 0. The molecular weight excluding hydrogens is 215 g/mol. The van der Waals surface area contributed by atoms with Crippen molar-refractivity contribution in [3.63, 3.8) is 0 Å². The van der Waals surface area contributed by atoms with Crippen molar-refractivity contribution in [1.82, 2.24) is 5.32 Å². The average Bonchev–Trinajstić information content (AvgIpc) is 2.70. The topological polar surface area (TPSA) is 64.4 Å². The maximum Gasteiger partial charge on any atom is 0.346 e. The lowest BCUT2D eigenvalue weighted by Gasteiger charge is -2.12. The number of ether oxygens (including phenoxy) is 1. The number of nitro groups is 1. The van der Waals surface area contributed by atoms with Crippen LogP contribution >= 0.6 is 0 Å². The third-order valence-electron chi connectivity index (χ3n) is 2.44. The van der Waals surface area contributed by atoms with E-state index in [1.165, 1.54) is 12.1 Å². The lowest BCUT2D eigenvalue weighted by molar-refractivity contribution is -0.388. The van der Waals surface area contributed by atoms with Gasteiger partial charge >= 0.3 is 5.69 Å². The average molecular weight is 226 g/mol. The number of hydrogen-bond donors (Lipinski definition) is 1. The highest BCUT2D eigenvalue weighted by atomic mass is 19.1. The molecule has 0 saturated carbocycles. The quantitative estimate of drug-likeness (QED) is 0.626. The van der Waals surface area contributed by atoms with Crippen LogP contribution in [0.5, 0.6) is 5.75 Å². The fraction of sp³-hybridized carbons (Fsp3) is 0.400. The van der Waals surface area contributed by atoms with Crippen LogP contribution in [0.3, 0.4) is 0 Å². The van der Waals surface area contributed by atoms with E-state index in [1.54, 1.807) is 0 Å². The smallest absolute Gasteiger partial charge is 0.346 e. The molecule has 0 aliphatic carbocycles. The molecule has 5 nitrogen and oxygen atoms in total. The van der Waals surface area contributed by atoms with Gasteiger partial charge < -0.3 is 10.1 Å². The van der Waals surface area contributed by atoms with E-state index in [4.69, 9.17) is 4.74 Å². The van der Waals surface area contributed by atoms with Crippen LogP contribution in [0.25, 0.3) is 0 Å². The maximum atomic E-state index is 13.2. The van der Waals surface area contributed by atoms with Gasteiger partial charge in [0, 0.05) is 6.54 Å². The molecule has 6 heteroatoms. The van der Waals surface area contributed by atoms with E-state index in [0.717, 1.165) is 19.0 Å². The molecule has 0 spiro atoms. The van der Waals surface area contributed by atoms with Crippen molar-refractivity contribution < 1.29 is 14.1 Å². The number of nitrogens with zero attached hydrogens (tertiary/aromatic N) is 1. The van der Waals surface area contributed by atoms with Gasteiger partial charge in [-0.25, -0.2) is 0 Å². The van der Waals surface area contributed by atoms with E-state index in [-0.39, 0.29) is 11.9 Å². The first-order chi connectivity index (χ1) is 7.68. The predicted molar refractivity (Wildman–Crippen MR) is 55.0 cm³/mol. The lowest BCUT2D eigenvalue weighted by Crippen LogP contribution is -2.20. The second kappa shape index (κ2) is 4.44. The second-order valence-electron chi connectivity index (χ2n) is 3.58. The minimum absolute atomic E-state index is 0.00120. The van der Waals surface area contributed by atoms with E-state index in [1.807, 2.05) is 0 Å². The van der Waals surface area contributed by atoms with Crippen molar-refractivity contribution in [2.45, 2.75) is 12.5 Å². The molecular formula is C10H11FN2O3. The van der Waals surface area contributed by atoms with Crippen molar-refractivity contribution in [3.05, 3.63) is 34.1 Å². The Hall–Kier alpha value is -1.69. The number of para-hydroxylation sites is 1. The Morgan fingerprint density at radius 2 is 2.38 bits per heavy atom. The molecule has 2 rings (SSSR count). The van der Waals surface area contributed by atoms with Gasteiger partial charge in [0.1, 0.15) is 6.10 Å². The van der Waals surface area contributed by atoms with E-state index in [2.05, 4.69) is 5.32 Å². The number of benzene rings is 1. The minimum Gasteiger partial charge on any atom is -0.482 e. The van der Waals surface area contributed by atoms with Crippen LogP contribution < -0.4 is 10.1 Å². The summed E-state index contributed by atoms with van der Waals surface area (Å²) in [5, 5.41) is 13.8. The first-order valence-corrected chi connectivity index (χ1v) is 4.99. The zero-order valence-corrected chi connectivity index (χ0v) is 8.48. The van der Waals surface area contributed by atoms with Gasteiger partial charge in [-0.1, -0.05) is 6.07 Å². The van der Waals surface area contributed by atoms with E-state index >= 15 is 0 Å². The summed E-state index contributed by atoms with van der Waals surface area (Å²) in [5.41, 5.74) is -0.589. The Labute approximate surface area is 91.4 Å². The molecule has 0 aromatic heterocycles. The SMILES string of the molecule is O=[N+]([O-])c1c(F)cccc1O[C@H]1CCNC1. The molecule has 0 radical (unpaired) electrons. The molecule has 0 bridgehead atoms. The molecule has 0 amide bonds. The van der Waals surface area contributed by atoms with Crippen molar-refractivity contribution in [2.24, 2.45) is 0 Å². The normalized spacial score (nSPS) is 19.7. The van der Waals surface area contributed by atoms with Gasteiger partial charge in [0.05, 0.1) is 4.92 Å². The van der Waals surface area contributed by atoms with Crippen LogP contribution in [0.4, 0.5) is 10.1 Å². The number of halogens is 1. The largest absolute Gasteiger partial charge is 0.482 e. The van der Waals surface area contributed by atoms with Gasteiger partial charge in [-0.15, -0.1) is 0 Å². The van der Waals surface area contributed by atoms with Crippen LogP contribution in [-0.4, -0.2) is 24.1 Å². The zero-order valence-electron chi connectivity index (χ0n) is 8.48. The summed E-state index contributed by atoms with van der Waals surface area (Å²) in [4.78, 5) is 9.93. The van der Waals surface area contributed by atoms with Gasteiger partial charge in [-0.05, 0) is 25.1 Å². The highest BCUT2D eigenvalue weighted by molar-refractivity contribution is 5.47. The molecule has 1 N–H and O–H groups in total. The van der Waals surface area contributed by atoms with Crippen LogP contribution in [0.1, 0.15) is 6.42 Å². The molecule has 0 unspecified atom stereocenters. The highest BCUT2D eigenvalue weighted by Crippen LogP contribution is 2.30. The first-order valence-electron chi connectivity index (χ1n) is 4.99. The summed E-state index contributed by atoms with van der Waals surface area (Å²) < 4.78 is 18.6. The van der Waals surface area contributed by atoms with Crippen molar-refractivity contribution in [1.29, 1.82) is 0 Å². The Balaban J connectivity index is 2.25. The molecule has 1 aliphatic heterocycles. The molecule has 1 saturated heterocycles. The van der Waals surface area contributed by atoms with Crippen LogP contribution in [0, 0.1) is 15.9 Å². The van der Waals surface area contributed by atoms with Crippen molar-refractivity contribution in [3.8, 4) is 5.75 Å². The van der Waals surface area contributed by atoms with Crippen LogP contribution in [0.2, 0.25) is 0 Å². The lowest BCUT2D eigenvalue weighted by atomic mass is 10.2. The second-order valence-corrected chi connectivity index (χ2v) is 3.58. The Bertz CT molecular complexity index is 405. The Morgan fingerprint density at radius 1 is 1.56 bits per heavy atom. The summed E-state index contributed by atoms with van der Waals surface area (Å²) >= 11 is 0. The first kappa shape index (κ1) is 10.8.